The highest BCUT2D eigenvalue weighted by Crippen LogP contribution is 2.19. The molecular weight excluding hydrogens is 212 g/mol. The normalized spacial score (nSPS) is 17.1. The largest absolute Gasteiger partial charge is 0.491 e. The molecule has 1 heterocycles. The van der Waals surface area contributed by atoms with Gasteiger partial charge in [0.15, 0.2) is 0 Å². The maximum Gasteiger partial charge on any atom is 0.119 e. The number of hydrogen-bond donors (Lipinski definition) is 2. The van der Waals surface area contributed by atoms with Gasteiger partial charge in [-0.25, -0.2) is 0 Å². The first-order valence-electron chi connectivity index (χ1n) is 6.48. The van der Waals surface area contributed by atoms with Crippen LogP contribution in [0.15, 0.2) is 24.3 Å². The zero-order valence-electron chi connectivity index (χ0n) is 10.7. The number of nitrogens with one attached hydrogen (secondary N) is 2. The maximum atomic E-state index is 5.62. The van der Waals surface area contributed by atoms with Gasteiger partial charge in [0.2, 0.25) is 0 Å². The van der Waals surface area contributed by atoms with Gasteiger partial charge in [-0.05, 0) is 64.0 Å². The summed E-state index contributed by atoms with van der Waals surface area (Å²) >= 11 is 0. The number of piperidine rings is 1. The molecule has 2 rings (SSSR count). The third kappa shape index (κ3) is 3.93. The van der Waals surface area contributed by atoms with E-state index in [0.29, 0.717) is 6.04 Å². The van der Waals surface area contributed by atoms with Crippen molar-refractivity contribution < 1.29 is 4.74 Å². The predicted octanol–water partition coefficient (Wildman–Crippen LogP) is 2.64. The smallest absolute Gasteiger partial charge is 0.119 e. The monoisotopic (exact) mass is 234 g/mol. The Labute approximate surface area is 104 Å². The fraction of sp³-hybridized carbons (Fsp3) is 0.571. The molecule has 3 heteroatoms. The Morgan fingerprint density at radius 3 is 2.41 bits per heavy atom. The van der Waals surface area contributed by atoms with Crippen molar-refractivity contribution in [3.05, 3.63) is 24.3 Å². The lowest BCUT2D eigenvalue weighted by Gasteiger charge is -2.24. The SMILES string of the molecule is CC(C)Oc1ccc(NC2CCNCC2)cc1. The average molecular weight is 234 g/mol. The third-order valence-electron chi connectivity index (χ3n) is 2.94. The lowest BCUT2D eigenvalue weighted by molar-refractivity contribution is 0.242. The lowest BCUT2D eigenvalue weighted by atomic mass is 10.1. The van der Waals surface area contributed by atoms with E-state index in [9.17, 15) is 0 Å². The van der Waals surface area contributed by atoms with Crippen LogP contribution < -0.4 is 15.4 Å². The number of benzene rings is 1. The minimum atomic E-state index is 0.234. The van der Waals surface area contributed by atoms with Gasteiger partial charge < -0.3 is 15.4 Å². The van der Waals surface area contributed by atoms with Crippen molar-refractivity contribution in [2.45, 2.75) is 38.8 Å². The summed E-state index contributed by atoms with van der Waals surface area (Å²) in [6, 6.07) is 8.86. The first-order valence-corrected chi connectivity index (χ1v) is 6.48. The highest BCUT2D eigenvalue weighted by Gasteiger charge is 2.12. The highest BCUT2D eigenvalue weighted by molar-refractivity contribution is 5.47. The quantitative estimate of drug-likeness (QED) is 0.840. The second-order valence-electron chi connectivity index (χ2n) is 4.86. The van der Waals surface area contributed by atoms with Gasteiger partial charge in [0.1, 0.15) is 5.75 Å². The summed E-state index contributed by atoms with van der Waals surface area (Å²) in [4.78, 5) is 0. The molecule has 1 fully saturated rings. The average Bonchev–Trinajstić information content (AvgIpc) is 2.32. The van der Waals surface area contributed by atoms with Gasteiger partial charge in [-0.2, -0.15) is 0 Å². The van der Waals surface area contributed by atoms with Gasteiger partial charge >= 0.3 is 0 Å². The molecule has 0 aliphatic carbocycles. The zero-order valence-corrected chi connectivity index (χ0v) is 10.7. The Balaban J connectivity index is 1.88. The van der Waals surface area contributed by atoms with E-state index in [4.69, 9.17) is 4.74 Å². The Morgan fingerprint density at radius 2 is 1.82 bits per heavy atom. The van der Waals surface area contributed by atoms with E-state index in [1.54, 1.807) is 0 Å². The van der Waals surface area contributed by atoms with Gasteiger partial charge in [0, 0.05) is 11.7 Å². The fourth-order valence-electron chi connectivity index (χ4n) is 2.10. The van der Waals surface area contributed by atoms with Crippen LogP contribution in [0.4, 0.5) is 5.69 Å². The molecule has 2 N–H and O–H groups in total. The molecular formula is C14H22N2O. The molecule has 0 bridgehead atoms. The highest BCUT2D eigenvalue weighted by atomic mass is 16.5. The van der Waals surface area contributed by atoms with E-state index in [2.05, 4.69) is 22.8 Å². The zero-order chi connectivity index (χ0) is 12.1. The molecule has 0 aromatic heterocycles. The molecule has 1 saturated heterocycles. The molecule has 94 valence electrons. The second kappa shape index (κ2) is 5.92. The van der Waals surface area contributed by atoms with Gasteiger partial charge in [0.25, 0.3) is 0 Å². The molecule has 1 aliphatic rings. The van der Waals surface area contributed by atoms with Gasteiger partial charge in [-0.1, -0.05) is 0 Å². The lowest BCUT2D eigenvalue weighted by Crippen LogP contribution is -2.35. The summed E-state index contributed by atoms with van der Waals surface area (Å²) in [5, 5.41) is 6.94. The molecule has 0 radical (unpaired) electrons. The van der Waals surface area contributed by atoms with E-state index in [0.717, 1.165) is 18.8 Å². The molecule has 0 saturated carbocycles. The minimum Gasteiger partial charge on any atom is -0.491 e. The minimum absolute atomic E-state index is 0.234. The summed E-state index contributed by atoms with van der Waals surface area (Å²) in [7, 11) is 0. The van der Waals surface area contributed by atoms with Crippen molar-refractivity contribution in [2.75, 3.05) is 18.4 Å². The van der Waals surface area contributed by atoms with Gasteiger partial charge in [-0.15, -0.1) is 0 Å². The van der Waals surface area contributed by atoms with Crippen LogP contribution in [0, 0.1) is 0 Å². The molecule has 0 amide bonds. The molecule has 1 aromatic carbocycles. The van der Waals surface area contributed by atoms with Gasteiger partial charge in [0.05, 0.1) is 6.10 Å². The van der Waals surface area contributed by atoms with Crippen LogP contribution in [0.2, 0.25) is 0 Å². The van der Waals surface area contributed by atoms with Crippen molar-refractivity contribution in [2.24, 2.45) is 0 Å². The van der Waals surface area contributed by atoms with Gasteiger partial charge in [-0.3, -0.25) is 0 Å². The Kier molecular flexibility index (Phi) is 4.26. The topological polar surface area (TPSA) is 33.3 Å². The van der Waals surface area contributed by atoms with Crippen LogP contribution in [0.1, 0.15) is 26.7 Å². The number of anilines is 1. The molecule has 0 unspecified atom stereocenters. The number of hydrogen-bond acceptors (Lipinski definition) is 3. The van der Waals surface area contributed by atoms with E-state index >= 15 is 0 Å². The van der Waals surface area contributed by atoms with E-state index in [1.165, 1.54) is 18.5 Å². The Morgan fingerprint density at radius 1 is 1.18 bits per heavy atom. The molecule has 0 atom stereocenters. The van der Waals surface area contributed by atoms with Crippen LogP contribution in [-0.2, 0) is 0 Å². The van der Waals surface area contributed by atoms with Crippen LogP contribution in [0.25, 0.3) is 0 Å². The van der Waals surface area contributed by atoms with Crippen molar-refractivity contribution in [1.82, 2.24) is 5.32 Å². The predicted molar refractivity (Wildman–Crippen MR) is 71.7 cm³/mol. The van der Waals surface area contributed by atoms with Crippen molar-refractivity contribution >= 4 is 5.69 Å². The van der Waals surface area contributed by atoms with Crippen molar-refractivity contribution in [1.29, 1.82) is 0 Å². The maximum absolute atomic E-state index is 5.62. The molecule has 1 aromatic rings. The van der Waals surface area contributed by atoms with E-state index in [1.807, 2.05) is 26.0 Å². The Bertz CT molecular complexity index is 329. The van der Waals surface area contributed by atoms with Crippen LogP contribution in [0.5, 0.6) is 5.75 Å². The number of rotatable bonds is 4. The van der Waals surface area contributed by atoms with Crippen LogP contribution in [0.3, 0.4) is 0 Å². The van der Waals surface area contributed by atoms with Crippen molar-refractivity contribution in [3.63, 3.8) is 0 Å². The molecule has 1 aliphatic heterocycles. The summed E-state index contributed by atoms with van der Waals surface area (Å²) in [5.41, 5.74) is 1.19. The second-order valence-corrected chi connectivity index (χ2v) is 4.86. The standard InChI is InChI=1S/C14H22N2O/c1-11(2)17-14-5-3-12(4-6-14)16-13-7-9-15-10-8-13/h3-6,11,13,15-16H,7-10H2,1-2H3. The summed E-state index contributed by atoms with van der Waals surface area (Å²) in [5.74, 6) is 0.941. The first-order chi connectivity index (χ1) is 8.24. The van der Waals surface area contributed by atoms with Crippen LogP contribution >= 0.6 is 0 Å². The van der Waals surface area contributed by atoms with Crippen molar-refractivity contribution in [3.8, 4) is 5.75 Å². The third-order valence-corrected chi connectivity index (χ3v) is 2.94. The molecule has 0 spiro atoms. The van der Waals surface area contributed by atoms with E-state index in [-0.39, 0.29) is 6.10 Å². The Hall–Kier alpha value is -1.22. The van der Waals surface area contributed by atoms with Crippen LogP contribution in [-0.4, -0.2) is 25.2 Å². The van der Waals surface area contributed by atoms with E-state index < -0.39 is 0 Å². The summed E-state index contributed by atoms with van der Waals surface area (Å²) in [6.45, 7) is 6.32. The molecule has 17 heavy (non-hydrogen) atoms. The summed E-state index contributed by atoms with van der Waals surface area (Å²) in [6.07, 6.45) is 2.63. The summed E-state index contributed by atoms with van der Waals surface area (Å²) < 4.78 is 5.62. The number of ether oxygens (including phenoxy) is 1. The first kappa shape index (κ1) is 12.2. The fourth-order valence-corrected chi connectivity index (χ4v) is 2.10. The molecule has 3 nitrogen and oxygen atoms in total.